The van der Waals surface area contributed by atoms with E-state index in [-0.39, 0.29) is 12.6 Å². The van der Waals surface area contributed by atoms with Crippen molar-refractivity contribution in [3.63, 3.8) is 0 Å². The van der Waals surface area contributed by atoms with Crippen LogP contribution in [0.2, 0.25) is 0 Å². The summed E-state index contributed by atoms with van der Waals surface area (Å²) < 4.78 is 70.2. The smallest absolute Gasteiger partial charge is 0.305 e. The van der Waals surface area contributed by atoms with Crippen molar-refractivity contribution >= 4 is 5.97 Å². The molecule has 0 unspecified atom stereocenters. The van der Waals surface area contributed by atoms with E-state index in [2.05, 4.69) is 6.92 Å². The van der Waals surface area contributed by atoms with E-state index in [1.54, 1.807) is 0 Å². The van der Waals surface area contributed by atoms with Gasteiger partial charge in [0.25, 0.3) is 0 Å². The predicted octanol–water partition coefficient (Wildman–Crippen LogP) is 1.27. The number of nitrogens with two attached hydrogens (primary N) is 1. The third-order valence-electron chi connectivity index (χ3n) is 5.83. The molecule has 0 aliphatic rings. The SMILES string of the molecule is CCCCCC(=O)OCCOCCOCCOCCOCCOCCOCCOCCOCCOCCOCCOCCOCCN. The minimum atomic E-state index is -0.161. The molecule has 2 N–H and O–H groups in total. The highest BCUT2D eigenvalue weighted by atomic mass is 16.6. The van der Waals surface area contributed by atoms with E-state index in [0.29, 0.717) is 172 Å². The van der Waals surface area contributed by atoms with Crippen LogP contribution in [0.25, 0.3) is 0 Å². The average molecular weight is 688 g/mol. The van der Waals surface area contributed by atoms with E-state index >= 15 is 0 Å². The zero-order valence-electron chi connectivity index (χ0n) is 29.0. The molecule has 0 heterocycles. The van der Waals surface area contributed by atoms with Crippen molar-refractivity contribution in [2.24, 2.45) is 5.73 Å². The van der Waals surface area contributed by atoms with Gasteiger partial charge >= 0.3 is 5.97 Å². The van der Waals surface area contributed by atoms with E-state index in [9.17, 15) is 4.79 Å². The van der Waals surface area contributed by atoms with Crippen LogP contribution in [-0.4, -0.2) is 178 Å². The molecule has 282 valence electrons. The Morgan fingerprint density at radius 3 is 0.830 bits per heavy atom. The Morgan fingerprint density at radius 2 is 0.596 bits per heavy atom. The molecule has 0 saturated heterocycles. The maximum absolute atomic E-state index is 11.5. The summed E-state index contributed by atoms with van der Waals surface area (Å²) in [7, 11) is 0. The highest BCUT2D eigenvalue weighted by Crippen LogP contribution is 2.00. The molecule has 0 aromatic heterocycles. The van der Waals surface area contributed by atoms with Crippen molar-refractivity contribution < 1.29 is 66.4 Å². The Balaban J connectivity index is 3.07. The summed E-state index contributed by atoms with van der Waals surface area (Å²) >= 11 is 0. The van der Waals surface area contributed by atoms with Gasteiger partial charge in [0.15, 0.2) is 0 Å². The lowest BCUT2D eigenvalue weighted by atomic mass is 10.2. The Morgan fingerprint density at radius 1 is 0.362 bits per heavy atom. The van der Waals surface area contributed by atoms with Gasteiger partial charge in [-0.1, -0.05) is 19.8 Å². The highest BCUT2D eigenvalue weighted by molar-refractivity contribution is 5.69. The molecule has 0 aromatic rings. The molecule has 0 aromatic carbocycles. The summed E-state index contributed by atoms with van der Waals surface area (Å²) in [6.45, 7) is 14.9. The Kier molecular flexibility index (Phi) is 42.0. The van der Waals surface area contributed by atoms with Gasteiger partial charge in [0.2, 0.25) is 0 Å². The van der Waals surface area contributed by atoms with Gasteiger partial charge in [0.05, 0.1) is 159 Å². The first-order chi connectivity index (χ1) is 23.3. The topological polar surface area (TPSA) is 163 Å². The second-order valence-corrected chi connectivity index (χ2v) is 9.81. The van der Waals surface area contributed by atoms with Crippen molar-refractivity contribution in [2.45, 2.75) is 32.6 Å². The molecule has 0 radical (unpaired) electrons. The molecule has 0 aliphatic carbocycles. The van der Waals surface area contributed by atoms with Gasteiger partial charge in [-0.3, -0.25) is 4.79 Å². The number of ether oxygens (including phenoxy) is 13. The normalized spacial score (nSPS) is 11.4. The molecule has 0 spiro atoms. The van der Waals surface area contributed by atoms with Crippen molar-refractivity contribution in [3.05, 3.63) is 0 Å². The molecule has 0 amide bonds. The average Bonchev–Trinajstić information content (AvgIpc) is 3.08. The minimum absolute atomic E-state index is 0.161. The molecule has 0 atom stereocenters. The third-order valence-corrected chi connectivity index (χ3v) is 5.83. The largest absolute Gasteiger partial charge is 0.463 e. The van der Waals surface area contributed by atoms with Gasteiger partial charge in [-0.25, -0.2) is 0 Å². The molecule has 0 fully saturated rings. The van der Waals surface area contributed by atoms with Crippen molar-refractivity contribution in [2.75, 3.05) is 172 Å². The Bertz CT molecular complexity index is 594. The lowest BCUT2D eigenvalue weighted by Crippen LogP contribution is -2.16. The van der Waals surface area contributed by atoms with Gasteiger partial charge < -0.3 is 67.3 Å². The number of carbonyl (C=O) groups excluding carboxylic acids is 1. The van der Waals surface area contributed by atoms with Crippen LogP contribution in [0.15, 0.2) is 0 Å². The van der Waals surface area contributed by atoms with E-state index in [4.69, 9.17) is 67.3 Å². The van der Waals surface area contributed by atoms with Gasteiger partial charge in [0.1, 0.15) is 6.61 Å². The Labute approximate surface area is 282 Å². The van der Waals surface area contributed by atoms with E-state index in [1.165, 1.54) is 0 Å². The van der Waals surface area contributed by atoms with E-state index in [1.807, 2.05) is 0 Å². The van der Waals surface area contributed by atoms with Crippen LogP contribution in [0.5, 0.6) is 0 Å². The van der Waals surface area contributed by atoms with Crippen LogP contribution in [0.1, 0.15) is 32.6 Å². The fourth-order valence-corrected chi connectivity index (χ4v) is 3.41. The van der Waals surface area contributed by atoms with E-state index < -0.39 is 0 Å². The zero-order valence-corrected chi connectivity index (χ0v) is 29.0. The molecule has 0 bridgehead atoms. The first-order valence-corrected chi connectivity index (χ1v) is 17.1. The molecule has 0 aliphatic heterocycles. The number of hydrogen-bond acceptors (Lipinski definition) is 15. The molecular formula is C32H65NO14. The number of esters is 1. The number of carbonyl (C=O) groups is 1. The molecule has 0 saturated carbocycles. The second-order valence-electron chi connectivity index (χ2n) is 9.81. The number of rotatable bonds is 42. The lowest BCUT2D eigenvalue weighted by molar-refractivity contribution is -0.145. The summed E-state index contributed by atoms with van der Waals surface area (Å²) in [4.78, 5) is 11.5. The van der Waals surface area contributed by atoms with Crippen LogP contribution < -0.4 is 5.73 Å². The Hall–Kier alpha value is -1.05. The predicted molar refractivity (Wildman–Crippen MR) is 174 cm³/mol. The maximum atomic E-state index is 11.5. The zero-order chi connectivity index (χ0) is 34.0. The summed E-state index contributed by atoms with van der Waals surface area (Å²) in [5.74, 6) is -0.161. The van der Waals surface area contributed by atoms with Gasteiger partial charge in [-0.15, -0.1) is 0 Å². The van der Waals surface area contributed by atoms with Crippen LogP contribution >= 0.6 is 0 Å². The summed E-state index contributed by atoms with van der Waals surface area (Å²) in [6.07, 6.45) is 3.49. The first-order valence-electron chi connectivity index (χ1n) is 17.1. The van der Waals surface area contributed by atoms with Gasteiger partial charge in [-0.2, -0.15) is 0 Å². The molecular weight excluding hydrogens is 622 g/mol. The number of unbranched alkanes of at least 4 members (excludes halogenated alkanes) is 2. The fourth-order valence-electron chi connectivity index (χ4n) is 3.41. The van der Waals surface area contributed by atoms with Crippen LogP contribution in [0.4, 0.5) is 0 Å². The fraction of sp³-hybridized carbons (Fsp3) is 0.969. The van der Waals surface area contributed by atoms with Crippen LogP contribution in [0.3, 0.4) is 0 Å². The summed E-state index contributed by atoms with van der Waals surface area (Å²) in [5, 5.41) is 0. The minimum Gasteiger partial charge on any atom is -0.463 e. The lowest BCUT2D eigenvalue weighted by Gasteiger charge is -2.09. The van der Waals surface area contributed by atoms with Gasteiger partial charge in [0, 0.05) is 13.0 Å². The molecule has 0 rings (SSSR count). The van der Waals surface area contributed by atoms with Crippen LogP contribution in [-0.2, 0) is 66.4 Å². The standard InChI is InChI=1S/C32H65NO14/c1-2-3-4-5-32(34)47-31-30-46-29-28-45-27-26-44-25-24-43-23-22-42-21-20-41-19-18-40-17-16-39-15-14-38-13-12-37-11-10-36-9-8-35-7-6-33/h2-31,33H2,1H3. The monoisotopic (exact) mass is 687 g/mol. The molecule has 15 nitrogen and oxygen atoms in total. The third kappa shape index (κ3) is 42.9. The van der Waals surface area contributed by atoms with Crippen molar-refractivity contribution in [1.82, 2.24) is 0 Å². The van der Waals surface area contributed by atoms with Crippen molar-refractivity contribution in [3.8, 4) is 0 Å². The highest BCUT2D eigenvalue weighted by Gasteiger charge is 2.02. The summed E-state index contributed by atoms with van der Waals surface area (Å²) in [6, 6.07) is 0. The summed E-state index contributed by atoms with van der Waals surface area (Å²) in [5.41, 5.74) is 5.33. The second kappa shape index (κ2) is 43.0. The van der Waals surface area contributed by atoms with Gasteiger partial charge in [-0.05, 0) is 6.42 Å². The molecule has 15 heteroatoms. The van der Waals surface area contributed by atoms with Crippen LogP contribution in [0, 0.1) is 0 Å². The first kappa shape index (κ1) is 46.0. The quantitative estimate of drug-likeness (QED) is 0.0721. The number of hydrogen-bond donors (Lipinski definition) is 1. The van der Waals surface area contributed by atoms with Crippen molar-refractivity contribution in [1.29, 1.82) is 0 Å². The maximum Gasteiger partial charge on any atom is 0.305 e. The van der Waals surface area contributed by atoms with E-state index in [0.717, 1.165) is 19.3 Å². The molecule has 47 heavy (non-hydrogen) atoms.